The second kappa shape index (κ2) is 5.28. The molecule has 4 nitrogen and oxygen atoms in total. The van der Waals surface area contributed by atoms with Gasteiger partial charge in [-0.1, -0.05) is 0 Å². The van der Waals surface area contributed by atoms with Crippen molar-refractivity contribution in [2.75, 3.05) is 7.11 Å². The molecule has 0 amide bonds. The highest BCUT2D eigenvalue weighted by Gasteiger charge is 2.12. The van der Waals surface area contributed by atoms with Crippen LogP contribution in [-0.4, -0.2) is 22.0 Å². The molecular weight excluding hydrogens is 271 g/mol. The van der Waals surface area contributed by atoms with Crippen molar-refractivity contribution in [3.63, 3.8) is 0 Å². The molecule has 0 aliphatic rings. The number of aromatic hydroxyl groups is 1. The molecule has 0 saturated carbocycles. The molecule has 5 heteroatoms. The topological polar surface area (TPSA) is 47.3 Å². The number of nitrogens with zero attached hydrogens (tertiary/aromatic N) is 2. The molecule has 0 spiro atoms. The van der Waals surface area contributed by atoms with E-state index < -0.39 is 5.82 Å². The van der Waals surface area contributed by atoms with Crippen molar-refractivity contribution in [3.8, 4) is 28.4 Å². The third-order valence-electron chi connectivity index (χ3n) is 3.20. The molecule has 21 heavy (non-hydrogen) atoms. The van der Waals surface area contributed by atoms with Crippen LogP contribution in [-0.2, 0) is 0 Å². The summed E-state index contributed by atoms with van der Waals surface area (Å²) in [5.74, 6) is 0.147. The lowest BCUT2D eigenvalue weighted by molar-refractivity contribution is 0.414. The molecule has 2 aromatic carbocycles. The number of phenols is 1. The largest absolute Gasteiger partial charge is 0.507 e. The highest BCUT2D eigenvalue weighted by Crippen LogP contribution is 2.31. The molecule has 1 N–H and O–H groups in total. The van der Waals surface area contributed by atoms with Crippen molar-refractivity contribution >= 4 is 0 Å². The molecule has 0 saturated heterocycles. The Kier molecular flexibility index (Phi) is 3.31. The molecule has 0 aliphatic heterocycles. The summed E-state index contributed by atoms with van der Waals surface area (Å²) in [6.07, 6.45) is 1.63. The van der Waals surface area contributed by atoms with Gasteiger partial charge in [-0.3, -0.25) is 0 Å². The molecule has 3 rings (SSSR count). The van der Waals surface area contributed by atoms with Crippen LogP contribution in [0.4, 0.5) is 4.39 Å². The average Bonchev–Trinajstić information content (AvgIpc) is 2.96. The number of methoxy groups -OCH3 is 1. The van der Waals surface area contributed by atoms with Crippen molar-refractivity contribution in [2.24, 2.45) is 0 Å². The lowest BCUT2D eigenvalue weighted by Crippen LogP contribution is -1.99. The van der Waals surface area contributed by atoms with Gasteiger partial charge >= 0.3 is 0 Å². The van der Waals surface area contributed by atoms with Gasteiger partial charge in [0.15, 0.2) is 0 Å². The van der Waals surface area contributed by atoms with Crippen LogP contribution in [0.25, 0.3) is 16.9 Å². The zero-order chi connectivity index (χ0) is 14.8. The standard InChI is InChI=1S/C16H13FN2O2/c1-21-13-5-3-12(4-6-13)19-15(8-9-18-19)14-7-2-11(17)10-16(14)20/h2-10,20H,1H3. The van der Waals surface area contributed by atoms with E-state index in [9.17, 15) is 9.50 Å². The Morgan fingerprint density at radius 3 is 2.52 bits per heavy atom. The maximum Gasteiger partial charge on any atom is 0.127 e. The smallest absolute Gasteiger partial charge is 0.127 e. The number of rotatable bonds is 3. The number of hydrogen-bond acceptors (Lipinski definition) is 3. The van der Waals surface area contributed by atoms with Gasteiger partial charge in [-0.2, -0.15) is 5.10 Å². The minimum atomic E-state index is -0.480. The Labute approximate surface area is 121 Å². The Hall–Kier alpha value is -2.82. The molecule has 0 bridgehead atoms. The molecule has 0 fully saturated rings. The van der Waals surface area contributed by atoms with Gasteiger partial charge in [0.05, 0.1) is 24.7 Å². The van der Waals surface area contributed by atoms with E-state index in [0.717, 1.165) is 17.5 Å². The lowest BCUT2D eigenvalue weighted by atomic mass is 10.1. The average molecular weight is 284 g/mol. The summed E-state index contributed by atoms with van der Waals surface area (Å²) in [6, 6.07) is 13.0. The van der Waals surface area contributed by atoms with Crippen LogP contribution in [0, 0.1) is 5.82 Å². The first kappa shape index (κ1) is 13.2. The highest BCUT2D eigenvalue weighted by atomic mass is 19.1. The quantitative estimate of drug-likeness (QED) is 0.802. The molecule has 106 valence electrons. The Balaban J connectivity index is 2.07. The van der Waals surface area contributed by atoms with Gasteiger partial charge < -0.3 is 9.84 Å². The van der Waals surface area contributed by atoms with Crippen molar-refractivity contribution < 1.29 is 14.2 Å². The third-order valence-corrected chi connectivity index (χ3v) is 3.20. The molecule has 0 unspecified atom stereocenters. The Morgan fingerprint density at radius 1 is 1.10 bits per heavy atom. The van der Waals surface area contributed by atoms with E-state index in [1.54, 1.807) is 24.1 Å². The van der Waals surface area contributed by atoms with Gasteiger partial charge in [-0.05, 0) is 42.5 Å². The van der Waals surface area contributed by atoms with Crippen LogP contribution in [0.5, 0.6) is 11.5 Å². The molecule has 1 aromatic heterocycles. The molecule has 1 heterocycles. The van der Waals surface area contributed by atoms with Crippen LogP contribution in [0.2, 0.25) is 0 Å². The Morgan fingerprint density at radius 2 is 1.86 bits per heavy atom. The van der Waals surface area contributed by atoms with Gasteiger partial charge in [-0.25, -0.2) is 9.07 Å². The number of ether oxygens (including phenoxy) is 1. The molecule has 0 aliphatic carbocycles. The zero-order valence-corrected chi connectivity index (χ0v) is 11.3. The number of aromatic nitrogens is 2. The van der Waals surface area contributed by atoms with Crippen LogP contribution in [0.1, 0.15) is 0 Å². The maximum atomic E-state index is 13.1. The van der Waals surface area contributed by atoms with Crippen LogP contribution >= 0.6 is 0 Å². The summed E-state index contributed by atoms with van der Waals surface area (Å²) in [5.41, 5.74) is 2.02. The highest BCUT2D eigenvalue weighted by molar-refractivity contribution is 5.68. The monoisotopic (exact) mass is 284 g/mol. The normalized spacial score (nSPS) is 10.6. The summed E-state index contributed by atoms with van der Waals surface area (Å²) in [7, 11) is 1.60. The zero-order valence-electron chi connectivity index (χ0n) is 11.3. The van der Waals surface area contributed by atoms with Crippen molar-refractivity contribution in [1.82, 2.24) is 9.78 Å². The fourth-order valence-electron chi connectivity index (χ4n) is 2.16. The summed E-state index contributed by atoms with van der Waals surface area (Å²) < 4.78 is 19.9. The molecule has 0 atom stereocenters. The fraction of sp³-hybridized carbons (Fsp3) is 0.0625. The maximum absolute atomic E-state index is 13.1. The van der Waals surface area contributed by atoms with E-state index >= 15 is 0 Å². The summed E-state index contributed by atoms with van der Waals surface area (Å²) in [6.45, 7) is 0. The van der Waals surface area contributed by atoms with Gasteiger partial charge in [-0.15, -0.1) is 0 Å². The number of benzene rings is 2. The lowest BCUT2D eigenvalue weighted by Gasteiger charge is -2.10. The van der Waals surface area contributed by atoms with Gasteiger partial charge in [0.1, 0.15) is 17.3 Å². The second-order valence-corrected chi connectivity index (χ2v) is 4.49. The first-order chi connectivity index (χ1) is 10.2. The minimum absolute atomic E-state index is 0.120. The molecular formula is C16H13FN2O2. The van der Waals surface area contributed by atoms with E-state index in [1.807, 2.05) is 24.3 Å². The molecule has 0 radical (unpaired) electrons. The minimum Gasteiger partial charge on any atom is -0.507 e. The van der Waals surface area contributed by atoms with E-state index in [4.69, 9.17) is 4.74 Å². The SMILES string of the molecule is COc1ccc(-n2nccc2-c2ccc(F)cc2O)cc1. The van der Waals surface area contributed by atoms with E-state index in [1.165, 1.54) is 12.1 Å². The Bertz CT molecular complexity index is 766. The van der Waals surface area contributed by atoms with Gasteiger partial charge in [0, 0.05) is 11.6 Å². The van der Waals surface area contributed by atoms with E-state index in [2.05, 4.69) is 5.10 Å². The van der Waals surface area contributed by atoms with E-state index in [0.29, 0.717) is 11.3 Å². The van der Waals surface area contributed by atoms with E-state index in [-0.39, 0.29) is 5.75 Å². The number of hydrogen-bond donors (Lipinski definition) is 1. The van der Waals surface area contributed by atoms with Crippen molar-refractivity contribution in [2.45, 2.75) is 0 Å². The van der Waals surface area contributed by atoms with Gasteiger partial charge in [0.2, 0.25) is 0 Å². The summed E-state index contributed by atoms with van der Waals surface area (Å²) >= 11 is 0. The number of halogens is 1. The first-order valence-corrected chi connectivity index (χ1v) is 6.36. The van der Waals surface area contributed by atoms with Crippen molar-refractivity contribution in [1.29, 1.82) is 0 Å². The van der Waals surface area contributed by atoms with Crippen LogP contribution < -0.4 is 4.74 Å². The van der Waals surface area contributed by atoms with Gasteiger partial charge in [0.25, 0.3) is 0 Å². The van der Waals surface area contributed by atoms with Crippen LogP contribution in [0.3, 0.4) is 0 Å². The predicted molar refractivity (Wildman–Crippen MR) is 77.2 cm³/mol. The van der Waals surface area contributed by atoms with Crippen molar-refractivity contribution in [3.05, 3.63) is 60.5 Å². The second-order valence-electron chi connectivity index (χ2n) is 4.49. The fourth-order valence-corrected chi connectivity index (χ4v) is 2.16. The first-order valence-electron chi connectivity index (χ1n) is 6.36. The number of phenolic OH excluding ortho intramolecular Hbond substituents is 1. The summed E-state index contributed by atoms with van der Waals surface area (Å²) in [4.78, 5) is 0. The predicted octanol–water partition coefficient (Wildman–Crippen LogP) is 3.39. The molecule has 3 aromatic rings. The summed E-state index contributed by atoms with van der Waals surface area (Å²) in [5, 5.41) is 14.2. The third kappa shape index (κ3) is 2.45. The van der Waals surface area contributed by atoms with Crippen LogP contribution in [0.15, 0.2) is 54.7 Å².